The molecule has 0 N–H and O–H groups in total. The van der Waals surface area contributed by atoms with E-state index in [2.05, 4.69) is 45.4 Å². The fourth-order valence-electron chi connectivity index (χ4n) is 4.81. The first-order valence-corrected chi connectivity index (χ1v) is 10.7. The first-order chi connectivity index (χ1) is 13.9. The summed E-state index contributed by atoms with van der Waals surface area (Å²) in [5.41, 5.74) is 4.42. The van der Waals surface area contributed by atoms with Crippen molar-refractivity contribution in [2.45, 2.75) is 44.7 Å². The quantitative estimate of drug-likeness (QED) is 0.694. The van der Waals surface area contributed by atoms with Crippen LogP contribution in [0.2, 0.25) is 0 Å². The van der Waals surface area contributed by atoms with E-state index in [0.717, 1.165) is 42.5 Å². The minimum Gasteiger partial charge on any atom is -0.298 e. The van der Waals surface area contributed by atoms with Gasteiger partial charge < -0.3 is 0 Å². The molecule has 146 valence electrons. The summed E-state index contributed by atoms with van der Waals surface area (Å²) in [6.45, 7) is 5.69. The Morgan fingerprint density at radius 2 is 1.68 bits per heavy atom. The Labute approximate surface area is 167 Å². The molecule has 1 aliphatic heterocycles. The normalized spacial score (nSPS) is 20.0. The van der Waals surface area contributed by atoms with Crippen LogP contribution in [0.25, 0.3) is 16.8 Å². The van der Waals surface area contributed by atoms with Crippen molar-refractivity contribution in [3.05, 3.63) is 54.5 Å². The van der Waals surface area contributed by atoms with Gasteiger partial charge in [0.25, 0.3) is 0 Å². The van der Waals surface area contributed by atoms with E-state index < -0.39 is 0 Å². The number of hydrogen-bond acceptors (Lipinski definition) is 4. The van der Waals surface area contributed by atoms with Crippen molar-refractivity contribution in [1.82, 2.24) is 24.4 Å². The van der Waals surface area contributed by atoms with Gasteiger partial charge in [-0.05, 0) is 18.4 Å². The van der Waals surface area contributed by atoms with E-state index in [1.165, 1.54) is 50.8 Å². The number of hydrogen-bond donors (Lipinski definition) is 0. The van der Waals surface area contributed by atoms with Crippen LogP contribution in [-0.4, -0.2) is 56.6 Å². The van der Waals surface area contributed by atoms with Crippen LogP contribution in [0.4, 0.5) is 0 Å². The Morgan fingerprint density at radius 3 is 2.46 bits per heavy atom. The van der Waals surface area contributed by atoms with Crippen molar-refractivity contribution >= 4 is 5.65 Å². The molecule has 1 aliphatic carbocycles. The lowest BCUT2D eigenvalue weighted by Gasteiger charge is -2.40. The van der Waals surface area contributed by atoms with Gasteiger partial charge in [-0.2, -0.15) is 5.10 Å². The Hall–Kier alpha value is -2.24. The zero-order valence-electron chi connectivity index (χ0n) is 16.5. The Bertz CT molecular complexity index is 905. The van der Waals surface area contributed by atoms with Crippen LogP contribution < -0.4 is 0 Å². The van der Waals surface area contributed by atoms with Gasteiger partial charge in [-0.15, -0.1) is 0 Å². The average molecular weight is 376 g/mol. The van der Waals surface area contributed by atoms with Gasteiger partial charge >= 0.3 is 0 Å². The second kappa shape index (κ2) is 8.02. The van der Waals surface area contributed by atoms with E-state index in [1.807, 2.05) is 23.0 Å². The van der Waals surface area contributed by atoms with Gasteiger partial charge in [-0.25, -0.2) is 9.50 Å². The van der Waals surface area contributed by atoms with Gasteiger partial charge in [0.15, 0.2) is 5.65 Å². The maximum Gasteiger partial charge on any atom is 0.162 e. The highest BCUT2D eigenvalue weighted by atomic mass is 15.3. The van der Waals surface area contributed by atoms with E-state index in [1.54, 1.807) is 0 Å². The fraction of sp³-hybridized carbons (Fsp3) is 0.478. The lowest BCUT2D eigenvalue weighted by molar-refractivity contribution is 0.0754. The second-order valence-electron chi connectivity index (χ2n) is 8.26. The molecule has 1 aromatic carbocycles. The van der Waals surface area contributed by atoms with Gasteiger partial charge in [0.1, 0.15) is 0 Å². The predicted molar refractivity (Wildman–Crippen MR) is 112 cm³/mol. The smallest absolute Gasteiger partial charge is 0.162 e. The van der Waals surface area contributed by atoms with Crippen LogP contribution in [0.5, 0.6) is 0 Å². The predicted octanol–water partition coefficient (Wildman–Crippen LogP) is 3.85. The second-order valence-corrected chi connectivity index (χ2v) is 8.26. The highest BCUT2D eigenvalue weighted by molar-refractivity contribution is 5.76. The van der Waals surface area contributed by atoms with Crippen LogP contribution in [0, 0.1) is 0 Å². The molecule has 0 unspecified atom stereocenters. The molecule has 1 saturated heterocycles. The summed E-state index contributed by atoms with van der Waals surface area (Å²) < 4.78 is 1.93. The van der Waals surface area contributed by atoms with Crippen molar-refractivity contribution in [1.29, 1.82) is 0 Å². The number of fused-ring (bicyclic) bond motifs is 1. The highest BCUT2D eigenvalue weighted by Crippen LogP contribution is 2.25. The number of piperazine rings is 1. The number of nitrogens with zero attached hydrogens (tertiary/aromatic N) is 5. The largest absolute Gasteiger partial charge is 0.298 e. The fourth-order valence-corrected chi connectivity index (χ4v) is 4.81. The van der Waals surface area contributed by atoms with E-state index >= 15 is 0 Å². The third kappa shape index (κ3) is 3.69. The SMILES string of the molecule is c1ccc(-c2cnn3cc(CN4CCN(C5CCCCC5)CC4)cnc23)cc1. The first kappa shape index (κ1) is 17.8. The molecule has 0 atom stereocenters. The van der Waals surface area contributed by atoms with Gasteiger partial charge in [0, 0.05) is 62.3 Å². The third-order valence-electron chi connectivity index (χ3n) is 6.40. The molecular weight excluding hydrogens is 346 g/mol. The van der Waals surface area contributed by atoms with E-state index in [4.69, 9.17) is 4.98 Å². The van der Waals surface area contributed by atoms with Crippen molar-refractivity contribution in [2.24, 2.45) is 0 Å². The van der Waals surface area contributed by atoms with Crippen molar-refractivity contribution in [3.63, 3.8) is 0 Å². The Balaban J connectivity index is 1.24. The standard InChI is InChI=1S/C23H29N5/c1-3-7-20(8-4-1)22-16-25-28-18-19(15-24-23(22)28)17-26-11-13-27(14-12-26)21-9-5-2-6-10-21/h1,3-4,7-8,15-16,18,21H,2,5-6,9-14,17H2. The molecule has 3 heterocycles. The van der Waals surface area contributed by atoms with Crippen LogP contribution in [0.3, 0.4) is 0 Å². The van der Waals surface area contributed by atoms with E-state index in [0.29, 0.717) is 0 Å². The summed E-state index contributed by atoms with van der Waals surface area (Å²) in [5.74, 6) is 0. The number of rotatable bonds is 4. The Kier molecular flexibility index (Phi) is 5.10. The molecule has 2 aliphatic rings. The lowest BCUT2D eigenvalue weighted by atomic mass is 9.94. The molecule has 0 amide bonds. The lowest BCUT2D eigenvalue weighted by Crippen LogP contribution is -2.50. The van der Waals surface area contributed by atoms with Gasteiger partial charge in [0.05, 0.1) is 6.20 Å². The van der Waals surface area contributed by atoms with E-state index in [9.17, 15) is 0 Å². The first-order valence-electron chi connectivity index (χ1n) is 10.7. The molecule has 0 bridgehead atoms. The summed E-state index contributed by atoms with van der Waals surface area (Å²) in [4.78, 5) is 10.0. The Morgan fingerprint density at radius 1 is 0.893 bits per heavy atom. The molecule has 0 spiro atoms. The molecule has 1 saturated carbocycles. The molecule has 28 heavy (non-hydrogen) atoms. The van der Waals surface area contributed by atoms with Crippen LogP contribution in [0.1, 0.15) is 37.7 Å². The third-order valence-corrected chi connectivity index (χ3v) is 6.40. The molecule has 0 radical (unpaired) electrons. The monoisotopic (exact) mass is 375 g/mol. The van der Waals surface area contributed by atoms with Gasteiger partial charge in [-0.1, -0.05) is 49.6 Å². The molecule has 3 aromatic rings. The summed E-state index contributed by atoms with van der Waals surface area (Å²) in [6.07, 6.45) is 13.2. The average Bonchev–Trinajstić information content (AvgIpc) is 3.19. The van der Waals surface area contributed by atoms with Crippen LogP contribution >= 0.6 is 0 Å². The molecule has 5 nitrogen and oxygen atoms in total. The van der Waals surface area contributed by atoms with Crippen LogP contribution in [0.15, 0.2) is 48.9 Å². The minimum absolute atomic E-state index is 0.842. The van der Waals surface area contributed by atoms with Crippen molar-refractivity contribution < 1.29 is 0 Å². The zero-order valence-corrected chi connectivity index (χ0v) is 16.5. The van der Waals surface area contributed by atoms with Crippen molar-refractivity contribution in [2.75, 3.05) is 26.2 Å². The van der Waals surface area contributed by atoms with Crippen molar-refractivity contribution in [3.8, 4) is 11.1 Å². The van der Waals surface area contributed by atoms with E-state index in [-0.39, 0.29) is 0 Å². The molecule has 5 rings (SSSR count). The number of aromatic nitrogens is 3. The number of benzene rings is 1. The minimum atomic E-state index is 0.842. The van der Waals surface area contributed by atoms with Gasteiger partial charge in [0.2, 0.25) is 0 Å². The summed E-state index contributed by atoms with van der Waals surface area (Å²) in [7, 11) is 0. The summed E-state index contributed by atoms with van der Waals surface area (Å²) >= 11 is 0. The maximum absolute atomic E-state index is 4.73. The van der Waals surface area contributed by atoms with Crippen LogP contribution in [-0.2, 0) is 6.54 Å². The molecular formula is C23H29N5. The zero-order chi connectivity index (χ0) is 18.8. The maximum atomic E-state index is 4.73. The molecule has 5 heteroatoms. The molecule has 2 aromatic heterocycles. The van der Waals surface area contributed by atoms with Gasteiger partial charge in [-0.3, -0.25) is 9.80 Å². The summed E-state index contributed by atoms with van der Waals surface area (Å²) in [5, 5.41) is 4.55. The topological polar surface area (TPSA) is 36.7 Å². The highest BCUT2D eigenvalue weighted by Gasteiger charge is 2.25. The molecule has 2 fully saturated rings. The summed E-state index contributed by atoms with van der Waals surface area (Å²) in [6, 6.07) is 11.2.